The zero-order valence-electron chi connectivity index (χ0n) is 13.5. The van der Waals surface area contributed by atoms with Crippen molar-refractivity contribution in [2.45, 2.75) is 77.7 Å². The summed E-state index contributed by atoms with van der Waals surface area (Å²) in [7, 11) is 0. The highest BCUT2D eigenvalue weighted by Gasteiger charge is 2.27. The number of hydrogen-bond acceptors (Lipinski definition) is 3. The molecule has 0 spiro atoms. The Labute approximate surface area is 128 Å². The topological polar surface area (TPSA) is 24.9 Å². The number of nitrogens with one attached hydrogen (secondary N) is 1. The van der Waals surface area contributed by atoms with Crippen molar-refractivity contribution in [2.75, 3.05) is 6.54 Å². The van der Waals surface area contributed by atoms with Crippen molar-refractivity contribution in [3.05, 3.63) is 16.1 Å². The van der Waals surface area contributed by atoms with Crippen molar-refractivity contribution in [1.29, 1.82) is 0 Å². The molecule has 2 rings (SSSR count). The number of nitrogens with zero attached hydrogens (tertiary/aromatic N) is 1. The normalized spacial score (nSPS) is 19.8. The Morgan fingerprint density at radius 1 is 1.25 bits per heavy atom. The molecule has 1 unspecified atom stereocenters. The Hall–Kier alpha value is -0.410. The molecule has 114 valence electrons. The van der Waals surface area contributed by atoms with E-state index in [9.17, 15) is 0 Å². The van der Waals surface area contributed by atoms with E-state index in [1.165, 1.54) is 49.2 Å². The van der Waals surface area contributed by atoms with E-state index in [2.05, 4.69) is 38.4 Å². The van der Waals surface area contributed by atoms with Gasteiger partial charge < -0.3 is 5.32 Å². The molecule has 2 nitrogen and oxygen atoms in total. The molecule has 0 saturated heterocycles. The number of hydrogen-bond donors (Lipinski definition) is 1. The second kappa shape index (κ2) is 7.04. The minimum absolute atomic E-state index is 0.162. The molecule has 3 heteroatoms. The predicted octanol–water partition coefficient (Wildman–Crippen LogP) is 5.06. The van der Waals surface area contributed by atoms with E-state index >= 15 is 0 Å². The zero-order chi connectivity index (χ0) is 14.6. The van der Waals surface area contributed by atoms with E-state index < -0.39 is 0 Å². The van der Waals surface area contributed by atoms with Crippen LogP contribution in [0.25, 0.3) is 0 Å². The summed E-state index contributed by atoms with van der Waals surface area (Å²) in [4.78, 5) is 4.96. The van der Waals surface area contributed by atoms with Gasteiger partial charge >= 0.3 is 0 Å². The summed E-state index contributed by atoms with van der Waals surface area (Å²) in [6, 6.07) is 0.471. The van der Waals surface area contributed by atoms with E-state index in [4.69, 9.17) is 4.98 Å². The standard InChI is InChI=1S/C17H30N2S/c1-5-18-15(13-10-8-6-7-9-11-13)16-19-14(12-20-16)17(2,3)4/h12-13,15,18H,5-11H2,1-4H3. The van der Waals surface area contributed by atoms with Crippen molar-refractivity contribution in [1.82, 2.24) is 10.3 Å². The second-order valence-corrected chi connectivity index (χ2v) is 8.00. The van der Waals surface area contributed by atoms with Gasteiger partial charge in [0.25, 0.3) is 0 Å². The SMILES string of the molecule is CCNC(c1nc(C(C)(C)C)cs1)C1CCCCCC1. The highest BCUT2D eigenvalue weighted by Crippen LogP contribution is 2.36. The molecule has 0 amide bonds. The number of aromatic nitrogens is 1. The summed E-state index contributed by atoms with van der Waals surface area (Å²) >= 11 is 1.85. The van der Waals surface area contributed by atoms with Crippen LogP contribution in [0.2, 0.25) is 0 Å². The third-order valence-corrected chi connectivity index (χ3v) is 5.28. The quantitative estimate of drug-likeness (QED) is 0.785. The van der Waals surface area contributed by atoms with Crippen LogP contribution in [0.15, 0.2) is 5.38 Å². The van der Waals surface area contributed by atoms with Gasteiger partial charge in [0.15, 0.2) is 0 Å². The first kappa shape index (κ1) is 16.0. The summed E-state index contributed by atoms with van der Waals surface area (Å²) < 4.78 is 0. The lowest BCUT2D eigenvalue weighted by Gasteiger charge is -2.25. The molecule has 1 fully saturated rings. The van der Waals surface area contributed by atoms with Crippen LogP contribution in [0, 0.1) is 5.92 Å². The molecular formula is C17H30N2S. The Morgan fingerprint density at radius 2 is 1.90 bits per heavy atom. The van der Waals surface area contributed by atoms with E-state index in [1.54, 1.807) is 0 Å². The van der Waals surface area contributed by atoms with Gasteiger partial charge in [-0.25, -0.2) is 4.98 Å². The van der Waals surface area contributed by atoms with Gasteiger partial charge in [0.1, 0.15) is 5.01 Å². The van der Waals surface area contributed by atoms with Crippen LogP contribution in [0.3, 0.4) is 0 Å². The molecule has 0 aliphatic heterocycles. The molecule has 1 heterocycles. The first-order valence-electron chi connectivity index (χ1n) is 8.21. The molecule has 1 aliphatic rings. The minimum atomic E-state index is 0.162. The van der Waals surface area contributed by atoms with E-state index in [0.717, 1.165) is 12.5 Å². The lowest BCUT2D eigenvalue weighted by molar-refractivity contribution is 0.328. The third kappa shape index (κ3) is 4.05. The third-order valence-electron chi connectivity index (χ3n) is 4.35. The van der Waals surface area contributed by atoms with Crippen LogP contribution < -0.4 is 5.32 Å². The lowest BCUT2D eigenvalue weighted by Crippen LogP contribution is -2.28. The molecule has 1 aliphatic carbocycles. The monoisotopic (exact) mass is 294 g/mol. The van der Waals surface area contributed by atoms with Crippen LogP contribution in [0.1, 0.15) is 83.0 Å². The lowest BCUT2D eigenvalue weighted by atomic mass is 9.91. The molecular weight excluding hydrogens is 264 g/mol. The molecule has 20 heavy (non-hydrogen) atoms. The summed E-state index contributed by atoms with van der Waals surface area (Å²) in [5.41, 5.74) is 1.41. The Kier molecular flexibility index (Phi) is 5.62. The molecule has 0 aromatic carbocycles. The van der Waals surface area contributed by atoms with Gasteiger partial charge in [0.05, 0.1) is 11.7 Å². The van der Waals surface area contributed by atoms with Gasteiger partial charge in [-0.1, -0.05) is 53.4 Å². The van der Waals surface area contributed by atoms with Gasteiger partial charge in [0.2, 0.25) is 0 Å². The minimum Gasteiger partial charge on any atom is -0.308 e. The van der Waals surface area contributed by atoms with Gasteiger partial charge in [-0.2, -0.15) is 0 Å². The fraction of sp³-hybridized carbons (Fsp3) is 0.824. The first-order valence-corrected chi connectivity index (χ1v) is 9.09. The summed E-state index contributed by atoms with van der Waals surface area (Å²) in [5.74, 6) is 0.774. The van der Waals surface area contributed by atoms with Crippen LogP contribution in [-0.4, -0.2) is 11.5 Å². The van der Waals surface area contributed by atoms with Gasteiger partial charge in [0, 0.05) is 10.8 Å². The smallest absolute Gasteiger partial charge is 0.110 e. The van der Waals surface area contributed by atoms with Crippen LogP contribution >= 0.6 is 11.3 Å². The van der Waals surface area contributed by atoms with E-state index in [1.807, 2.05) is 11.3 Å². The fourth-order valence-corrected chi connectivity index (χ4v) is 4.31. The van der Waals surface area contributed by atoms with Crippen LogP contribution in [0.5, 0.6) is 0 Å². The highest BCUT2D eigenvalue weighted by molar-refractivity contribution is 7.09. The van der Waals surface area contributed by atoms with Gasteiger partial charge in [-0.3, -0.25) is 0 Å². The molecule has 0 bridgehead atoms. The summed E-state index contributed by atoms with van der Waals surface area (Å²) in [6.07, 6.45) is 8.35. The van der Waals surface area contributed by atoms with Crippen molar-refractivity contribution in [3.8, 4) is 0 Å². The van der Waals surface area contributed by atoms with Gasteiger partial charge in [-0.15, -0.1) is 11.3 Å². The van der Waals surface area contributed by atoms with Crippen molar-refractivity contribution >= 4 is 11.3 Å². The van der Waals surface area contributed by atoms with Crippen LogP contribution in [-0.2, 0) is 5.41 Å². The summed E-state index contributed by atoms with van der Waals surface area (Å²) in [5, 5.41) is 7.28. The average molecular weight is 295 g/mol. The molecule has 1 aromatic rings. The Balaban J connectivity index is 2.16. The second-order valence-electron chi connectivity index (χ2n) is 7.11. The molecule has 1 atom stereocenters. The summed E-state index contributed by atoms with van der Waals surface area (Å²) in [6.45, 7) is 9.99. The van der Waals surface area contributed by atoms with Gasteiger partial charge in [-0.05, 0) is 25.3 Å². The zero-order valence-corrected chi connectivity index (χ0v) is 14.4. The van der Waals surface area contributed by atoms with E-state index in [0.29, 0.717) is 6.04 Å². The first-order chi connectivity index (χ1) is 9.52. The van der Waals surface area contributed by atoms with Crippen molar-refractivity contribution in [2.24, 2.45) is 5.92 Å². The van der Waals surface area contributed by atoms with E-state index in [-0.39, 0.29) is 5.41 Å². The largest absolute Gasteiger partial charge is 0.308 e. The average Bonchev–Trinajstić information content (AvgIpc) is 2.73. The maximum Gasteiger partial charge on any atom is 0.110 e. The molecule has 1 saturated carbocycles. The Morgan fingerprint density at radius 3 is 2.40 bits per heavy atom. The fourth-order valence-electron chi connectivity index (χ4n) is 3.09. The van der Waals surface area contributed by atoms with Crippen molar-refractivity contribution in [3.63, 3.8) is 0 Å². The number of thiazole rings is 1. The molecule has 1 N–H and O–H groups in total. The number of rotatable bonds is 4. The Bertz CT molecular complexity index is 397. The predicted molar refractivity (Wildman–Crippen MR) is 88.4 cm³/mol. The van der Waals surface area contributed by atoms with Crippen molar-refractivity contribution < 1.29 is 0 Å². The molecule has 1 aromatic heterocycles. The maximum atomic E-state index is 4.96. The molecule has 0 radical (unpaired) electrons. The highest BCUT2D eigenvalue weighted by atomic mass is 32.1. The maximum absolute atomic E-state index is 4.96. The van der Waals surface area contributed by atoms with Crippen LogP contribution in [0.4, 0.5) is 0 Å².